The number of rotatable bonds is 7. The maximum Gasteiger partial charge on any atom is 0.177 e. The van der Waals surface area contributed by atoms with Crippen LogP contribution in [0.15, 0.2) is 59.0 Å². The summed E-state index contributed by atoms with van der Waals surface area (Å²) >= 11 is 0. The van der Waals surface area contributed by atoms with E-state index in [1.54, 1.807) is 0 Å². The zero-order valence-corrected chi connectivity index (χ0v) is 24.7. The number of nitrogens with zero attached hydrogens (tertiary/aromatic N) is 5. The number of fused-ring (bicyclic) bond motifs is 2. The van der Waals surface area contributed by atoms with Crippen LogP contribution in [-0.4, -0.2) is 63.2 Å². The van der Waals surface area contributed by atoms with Gasteiger partial charge in [-0.05, 0) is 87.7 Å². The lowest BCUT2D eigenvalue weighted by atomic mass is 9.75. The molecule has 40 heavy (non-hydrogen) atoms. The third-order valence-corrected chi connectivity index (χ3v) is 8.58. The third kappa shape index (κ3) is 5.71. The minimum atomic E-state index is 0.236. The van der Waals surface area contributed by atoms with Crippen molar-refractivity contribution in [3.8, 4) is 16.9 Å². The van der Waals surface area contributed by atoms with E-state index in [1.165, 1.54) is 35.4 Å². The molecule has 0 atom stereocenters. The molecule has 1 fully saturated rings. The highest BCUT2D eigenvalue weighted by Gasteiger charge is 2.31. The number of aliphatic imine (C=N–C) groups is 1. The van der Waals surface area contributed by atoms with Gasteiger partial charge in [0.1, 0.15) is 18.2 Å². The summed E-state index contributed by atoms with van der Waals surface area (Å²) < 4.78 is 6.22. The highest BCUT2D eigenvalue weighted by molar-refractivity contribution is 5.85. The van der Waals surface area contributed by atoms with Gasteiger partial charge in [0.05, 0.1) is 12.1 Å². The number of hydrogen-bond donors (Lipinski definition) is 1. The Kier molecular flexibility index (Phi) is 7.03. The standard InChI is InChI=1S/C33H42N6O/c1-21(19-38(6)27-8-9-27)35-29-11-12-33(4,5)17-28(29)22(2)39-13-14-40-31-10-7-24(15-26(31)20-39)25-16-30-32(34-18-25)37-23(3)36-30/h7,10,15-16,18,27H,2,8-9,11-14,17,19-20H2,1,3-6H3,(H,34,36,37). The van der Waals surface area contributed by atoms with Gasteiger partial charge in [-0.1, -0.05) is 26.5 Å². The molecule has 0 amide bonds. The Morgan fingerprint density at radius 3 is 2.88 bits per heavy atom. The average molecular weight is 539 g/mol. The molecule has 1 aromatic carbocycles. The molecule has 0 bridgehead atoms. The van der Waals surface area contributed by atoms with Crippen molar-refractivity contribution in [2.45, 2.75) is 72.4 Å². The molecule has 1 saturated carbocycles. The van der Waals surface area contributed by atoms with Crippen LogP contribution in [0.3, 0.4) is 0 Å². The van der Waals surface area contributed by atoms with Gasteiger partial charge in [-0.25, -0.2) is 9.97 Å². The van der Waals surface area contributed by atoms with E-state index < -0.39 is 0 Å². The van der Waals surface area contributed by atoms with Gasteiger partial charge in [-0.2, -0.15) is 0 Å². The van der Waals surface area contributed by atoms with Crippen molar-refractivity contribution in [1.29, 1.82) is 0 Å². The monoisotopic (exact) mass is 538 g/mol. The Bertz CT molecular complexity index is 1510. The van der Waals surface area contributed by atoms with E-state index in [0.717, 1.165) is 84.5 Å². The fraction of sp³-hybridized carbons (Fsp3) is 0.485. The lowest BCUT2D eigenvalue weighted by molar-refractivity contribution is 0.257. The van der Waals surface area contributed by atoms with Crippen molar-refractivity contribution in [3.05, 3.63) is 65.4 Å². The van der Waals surface area contributed by atoms with Crippen LogP contribution in [0, 0.1) is 12.3 Å². The summed E-state index contributed by atoms with van der Waals surface area (Å²) in [6.45, 7) is 16.7. The van der Waals surface area contributed by atoms with Crippen molar-refractivity contribution in [2.24, 2.45) is 10.4 Å². The van der Waals surface area contributed by atoms with E-state index in [4.69, 9.17) is 9.73 Å². The molecule has 6 rings (SSSR count). The van der Waals surface area contributed by atoms with Gasteiger partial charge < -0.3 is 14.6 Å². The van der Waals surface area contributed by atoms with Crippen molar-refractivity contribution in [3.63, 3.8) is 0 Å². The molecule has 7 nitrogen and oxygen atoms in total. The zero-order chi connectivity index (χ0) is 28.0. The molecule has 210 valence electrons. The summed E-state index contributed by atoms with van der Waals surface area (Å²) in [5.74, 6) is 1.82. The fourth-order valence-corrected chi connectivity index (χ4v) is 6.11. The summed E-state index contributed by atoms with van der Waals surface area (Å²) in [6.07, 6.45) is 7.68. The molecule has 3 aromatic rings. The molecule has 0 unspecified atom stereocenters. The van der Waals surface area contributed by atoms with Crippen LogP contribution in [0.25, 0.3) is 22.3 Å². The van der Waals surface area contributed by atoms with E-state index in [-0.39, 0.29) is 5.41 Å². The van der Waals surface area contributed by atoms with Crippen LogP contribution in [0.4, 0.5) is 0 Å². The Labute approximate surface area is 238 Å². The normalized spacial score (nSPS) is 19.6. The fourth-order valence-electron chi connectivity index (χ4n) is 6.11. The maximum absolute atomic E-state index is 6.22. The van der Waals surface area contributed by atoms with E-state index in [2.05, 4.69) is 83.4 Å². The second kappa shape index (κ2) is 10.5. The Morgan fingerprint density at radius 1 is 1.25 bits per heavy atom. The van der Waals surface area contributed by atoms with Crippen LogP contribution >= 0.6 is 0 Å². The minimum Gasteiger partial charge on any atom is -0.491 e. The molecule has 1 aliphatic heterocycles. The van der Waals surface area contributed by atoms with Gasteiger partial charge >= 0.3 is 0 Å². The number of aryl methyl sites for hydroxylation is 1. The van der Waals surface area contributed by atoms with Crippen molar-refractivity contribution < 1.29 is 4.74 Å². The molecule has 0 saturated heterocycles. The average Bonchev–Trinajstić information content (AvgIpc) is 3.72. The molecule has 7 heteroatoms. The smallest absolute Gasteiger partial charge is 0.177 e. The molecule has 2 aliphatic carbocycles. The van der Waals surface area contributed by atoms with Gasteiger partial charge in [0.25, 0.3) is 0 Å². The molecule has 0 spiro atoms. The number of benzene rings is 1. The number of pyridine rings is 1. The number of imidazole rings is 1. The lowest BCUT2D eigenvalue weighted by Gasteiger charge is -2.36. The number of hydrogen-bond acceptors (Lipinski definition) is 6. The number of aromatic amines is 1. The summed E-state index contributed by atoms with van der Waals surface area (Å²) in [5.41, 5.74) is 10.1. The first-order chi connectivity index (χ1) is 19.1. The molecule has 3 aliphatic rings. The summed E-state index contributed by atoms with van der Waals surface area (Å²) in [7, 11) is 2.22. The van der Waals surface area contributed by atoms with Crippen LogP contribution in [-0.2, 0) is 6.54 Å². The predicted molar refractivity (Wildman–Crippen MR) is 163 cm³/mol. The quantitative estimate of drug-likeness (QED) is 0.341. The number of H-pyrrole nitrogens is 1. The molecule has 2 aromatic heterocycles. The topological polar surface area (TPSA) is 69.6 Å². The highest BCUT2D eigenvalue weighted by Crippen LogP contribution is 2.43. The SMILES string of the molecule is C=C(C1=C(N=C(C)CN(C)C2CC2)CCC(C)(C)C1)N1CCOc2ccc(-c3cnc4nc(C)[nH]c4c3)cc2C1. The minimum absolute atomic E-state index is 0.236. The maximum atomic E-state index is 6.22. The Morgan fingerprint density at radius 2 is 2.08 bits per heavy atom. The van der Waals surface area contributed by atoms with Gasteiger partial charge in [0.15, 0.2) is 5.65 Å². The molecular formula is C33H42N6O. The second-order valence-electron chi connectivity index (χ2n) is 12.7. The van der Waals surface area contributed by atoms with Gasteiger partial charge in [0.2, 0.25) is 0 Å². The molecule has 1 N–H and O–H groups in total. The first kappa shape index (κ1) is 26.8. The van der Waals surface area contributed by atoms with Crippen molar-refractivity contribution in [2.75, 3.05) is 26.7 Å². The number of aromatic nitrogens is 3. The third-order valence-electron chi connectivity index (χ3n) is 8.58. The van der Waals surface area contributed by atoms with E-state index >= 15 is 0 Å². The molecular weight excluding hydrogens is 496 g/mol. The van der Waals surface area contributed by atoms with Gasteiger partial charge in [-0.15, -0.1) is 0 Å². The Hall–Kier alpha value is -3.45. The van der Waals surface area contributed by atoms with Crippen molar-refractivity contribution in [1.82, 2.24) is 24.8 Å². The first-order valence-electron chi connectivity index (χ1n) is 14.6. The number of allylic oxidation sites excluding steroid dienone is 2. The van der Waals surface area contributed by atoms with Crippen LogP contribution in [0.5, 0.6) is 5.75 Å². The Balaban J connectivity index is 1.28. The summed E-state index contributed by atoms with van der Waals surface area (Å²) in [4.78, 5) is 22.4. The van der Waals surface area contributed by atoms with Crippen LogP contribution < -0.4 is 4.74 Å². The van der Waals surface area contributed by atoms with E-state index in [1.807, 2.05) is 13.1 Å². The first-order valence-corrected chi connectivity index (χ1v) is 14.6. The number of nitrogens with one attached hydrogen (secondary N) is 1. The zero-order valence-electron chi connectivity index (χ0n) is 24.7. The van der Waals surface area contributed by atoms with E-state index in [0.29, 0.717) is 6.61 Å². The lowest BCUT2D eigenvalue weighted by Crippen LogP contribution is -2.30. The van der Waals surface area contributed by atoms with Gasteiger partial charge in [0, 0.05) is 53.6 Å². The van der Waals surface area contributed by atoms with E-state index in [9.17, 15) is 0 Å². The highest BCUT2D eigenvalue weighted by atomic mass is 16.5. The molecule has 0 radical (unpaired) electrons. The van der Waals surface area contributed by atoms with Crippen LogP contribution in [0.2, 0.25) is 0 Å². The summed E-state index contributed by atoms with van der Waals surface area (Å²) in [6, 6.07) is 9.32. The molecule has 3 heterocycles. The predicted octanol–water partition coefficient (Wildman–Crippen LogP) is 6.66. The second-order valence-corrected chi connectivity index (χ2v) is 12.7. The summed E-state index contributed by atoms with van der Waals surface area (Å²) in [5, 5.41) is 0. The van der Waals surface area contributed by atoms with Gasteiger partial charge in [-0.3, -0.25) is 9.89 Å². The van der Waals surface area contributed by atoms with Crippen LogP contribution in [0.1, 0.15) is 64.3 Å². The number of ether oxygens (including phenoxy) is 1. The van der Waals surface area contributed by atoms with Crippen molar-refractivity contribution >= 4 is 16.9 Å². The largest absolute Gasteiger partial charge is 0.491 e.